The second-order valence-corrected chi connectivity index (χ2v) is 13.1. The first-order valence-corrected chi connectivity index (χ1v) is 16.8. The Labute approximate surface area is 310 Å². The molecule has 5 aliphatic rings. The molecule has 2 bridgehead atoms. The minimum absolute atomic E-state index is 0. The number of hydrogen-bond donors (Lipinski definition) is 0. The zero-order valence-electron chi connectivity index (χ0n) is 27.5. The third-order valence-electron chi connectivity index (χ3n) is 9.87. The maximum absolute atomic E-state index is 16.1. The molecule has 5 heterocycles. The van der Waals surface area contributed by atoms with Crippen LogP contribution >= 0.6 is 0 Å². The summed E-state index contributed by atoms with van der Waals surface area (Å²) >= 11 is 0. The number of anilines is 3. The number of rotatable bonds is 7. The molecule has 0 aliphatic carbocycles. The molecule has 51 heavy (non-hydrogen) atoms. The summed E-state index contributed by atoms with van der Waals surface area (Å²) in [6.45, 7) is 5.19. The first kappa shape index (κ1) is 33.2. The standard InChI is InChI=1S/C41H33F3N6.Ir/c42-38-24-45(27-48(38)33-9-3-1-4-10-33)17-15-29-19-30-16-18-47-26-40(44)50-37-14-8-7-13-35(37)32(22-36(41(47)50)31(20-29)21-30)23-46-25-39(43)49(28-46)34-11-5-2-6-12-34;/h1-9,11,13-14,19-21,24-28,41H,15-18,22-23H2;/q-6;. The second kappa shape index (κ2) is 13.7. The molecule has 0 N–H and O–H groups in total. The molecule has 6 nitrogen and oxygen atoms in total. The summed E-state index contributed by atoms with van der Waals surface area (Å²) in [5, 5.41) is 0. The van der Waals surface area contributed by atoms with Gasteiger partial charge in [0.15, 0.2) is 17.9 Å². The van der Waals surface area contributed by atoms with Crippen molar-refractivity contribution >= 4 is 17.1 Å². The van der Waals surface area contributed by atoms with E-state index < -0.39 is 0 Å². The van der Waals surface area contributed by atoms with E-state index in [9.17, 15) is 4.39 Å². The Morgan fingerprint density at radius 3 is 2.18 bits per heavy atom. The molecule has 1 atom stereocenters. The monoisotopic (exact) mass is 859 g/mol. The van der Waals surface area contributed by atoms with Crippen molar-refractivity contribution in [3.05, 3.63) is 187 Å². The van der Waals surface area contributed by atoms with Gasteiger partial charge in [-0.2, -0.15) is 122 Å². The quantitative estimate of drug-likeness (QED) is 0.138. The minimum Gasteiger partial charge on any atom is -0.511 e. The minimum atomic E-state index is -0.387. The van der Waals surface area contributed by atoms with Crippen LogP contribution in [0.1, 0.15) is 28.7 Å². The van der Waals surface area contributed by atoms with Gasteiger partial charge in [0.25, 0.3) is 0 Å². The molecule has 0 fully saturated rings. The Balaban J connectivity index is 0.00000374. The molecule has 1 radical (unpaired) electrons. The molecule has 0 aromatic heterocycles. The van der Waals surface area contributed by atoms with Crippen LogP contribution in [0.25, 0.3) is 0 Å². The first-order valence-electron chi connectivity index (χ1n) is 16.8. The molecule has 0 spiro atoms. The largest absolute Gasteiger partial charge is 0.511 e. The van der Waals surface area contributed by atoms with Crippen molar-refractivity contribution < 1.29 is 33.3 Å². The van der Waals surface area contributed by atoms with Gasteiger partial charge >= 0.3 is 0 Å². The van der Waals surface area contributed by atoms with Gasteiger partial charge in [-0.3, -0.25) is 0 Å². The summed E-state index contributed by atoms with van der Waals surface area (Å²) < 4.78 is 46.3. The third kappa shape index (κ3) is 6.21. The van der Waals surface area contributed by atoms with Crippen LogP contribution < -0.4 is 14.7 Å². The van der Waals surface area contributed by atoms with Crippen LogP contribution in [0.4, 0.5) is 30.2 Å². The fourth-order valence-corrected chi connectivity index (χ4v) is 7.59. The van der Waals surface area contributed by atoms with Crippen molar-refractivity contribution in [3.63, 3.8) is 0 Å². The van der Waals surface area contributed by atoms with Crippen molar-refractivity contribution in [3.8, 4) is 0 Å². The van der Waals surface area contributed by atoms with Crippen LogP contribution in [-0.4, -0.2) is 40.5 Å². The summed E-state index contributed by atoms with van der Waals surface area (Å²) in [5.74, 6) is 1.12. The van der Waals surface area contributed by atoms with Crippen molar-refractivity contribution in [2.45, 2.75) is 25.4 Å². The summed E-state index contributed by atoms with van der Waals surface area (Å²) in [6, 6.07) is 35.4. The number of halogens is 3. The van der Waals surface area contributed by atoms with Gasteiger partial charge in [0.1, 0.15) is 0 Å². The van der Waals surface area contributed by atoms with Crippen LogP contribution in [0, 0.1) is 37.3 Å². The molecular weight excluding hydrogens is 826 g/mol. The number of benzene rings is 4. The zero-order valence-corrected chi connectivity index (χ0v) is 29.9. The topological polar surface area (TPSA) is 19.4 Å². The van der Waals surface area contributed by atoms with E-state index in [0.717, 1.165) is 40.6 Å². The van der Waals surface area contributed by atoms with E-state index in [0.29, 0.717) is 43.9 Å². The van der Waals surface area contributed by atoms with Crippen molar-refractivity contribution in [1.82, 2.24) is 14.7 Å². The van der Waals surface area contributed by atoms with Crippen LogP contribution in [0.3, 0.4) is 0 Å². The maximum atomic E-state index is 16.1. The Bertz CT molecular complexity index is 1990. The van der Waals surface area contributed by atoms with E-state index in [-0.39, 0.29) is 44.1 Å². The van der Waals surface area contributed by atoms with E-state index in [1.165, 1.54) is 27.8 Å². The van der Waals surface area contributed by atoms with E-state index >= 15 is 8.78 Å². The number of para-hydroxylation sites is 3. The van der Waals surface area contributed by atoms with Crippen molar-refractivity contribution in [2.75, 3.05) is 34.3 Å². The molecule has 0 amide bonds. The van der Waals surface area contributed by atoms with Crippen LogP contribution in [0.15, 0.2) is 127 Å². The molecule has 0 saturated carbocycles. The third-order valence-corrected chi connectivity index (χ3v) is 9.87. The Hall–Kier alpha value is -4.92. The molecule has 9 rings (SSSR count). The summed E-state index contributed by atoms with van der Waals surface area (Å²) in [7, 11) is 0. The predicted octanol–water partition coefficient (Wildman–Crippen LogP) is 7.97. The van der Waals surface area contributed by atoms with Gasteiger partial charge in [-0.1, -0.05) is 30.3 Å². The average molecular weight is 859 g/mol. The van der Waals surface area contributed by atoms with Gasteiger partial charge in [-0.05, 0) is 25.9 Å². The fourth-order valence-electron chi connectivity index (χ4n) is 7.59. The molecule has 10 heteroatoms. The average Bonchev–Trinajstić information content (AvgIpc) is 3.78. The van der Waals surface area contributed by atoms with Crippen molar-refractivity contribution in [1.29, 1.82) is 0 Å². The van der Waals surface area contributed by atoms with Gasteiger partial charge in [0.05, 0.1) is 12.4 Å². The molecule has 0 saturated heterocycles. The van der Waals surface area contributed by atoms with Crippen LogP contribution in [0.5, 0.6) is 0 Å². The summed E-state index contributed by atoms with van der Waals surface area (Å²) in [5.41, 5.74) is 6.39. The molecule has 5 aliphatic heterocycles. The van der Waals surface area contributed by atoms with E-state index in [1.54, 1.807) is 31.7 Å². The zero-order chi connectivity index (χ0) is 33.8. The van der Waals surface area contributed by atoms with E-state index in [4.69, 9.17) is 0 Å². The molecular formula is C41H33F3IrN6-6. The van der Waals surface area contributed by atoms with Crippen LogP contribution in [-0.2, 0) is 32.9 Å². The molecule has 4 aromatic carbocycles. The smallest absolute Gasteiger partial charge is 0.200 e. The SMILES string of the molecule is FC1=CN(CCc2cc3cc(c2)[C-]2C[C-](CN4C=C(F)N(c5[c-]cccc5)[CH-]4)c4ccccc4N4C(F)=CN(CC3)C24)[CH-]N1c1[c-]cccc1.[Ir]. The van der Waals surface area contributed by atoms with Gasteiger partial charge < -0.3 is 29.4 Å². The number of nitrogens with zero attached hydrogens (tertiary/aromatic N) is 6. The van der Waals surface area contributed by atoms with E-state index in [2.05, 4.69) is 35.2 Å². The molecule has 4 aromatic rings. The Morgan fingerprint density at radius 2 is 1.45 bits per heavy atom. The van der Waals surface area contributed by atoms with Gasteiger partial charge in [-0.25, -0.2) is 0 Å². The summed E-state index contributed by atoms with van der Waals surface area (Å²) in [4.78, 5) is 10.6. The number of hydrogen-bond acceptors (Lipinski definition) is 6. The molecule has 1 unspecified atom stereocenters. The van der Waals surface area contributed by atoms with Crippen molar-refractivity contribution in [2.24, 2.45) is 0 Å². The normalized spacial score (nSPS) is 19.2. The second-order valence-electron chi connectivity index (χ2n) is 13.1. The Kier molecular flexibility index (Phi) is 8.90. The fraction of sp³-hybridized carbons (Fsp3) is 0.171. The van der Waals surface area contributed by atoms with Gasteiger partial charge in [0.2, 0.25) is 0 Å². The summed E-state index contributed by atoms with van der Waals surface area (Å²) in [6.07, 6.45) is 6.36. The predicted molar refractivity (Wildman–Crippen MR) is 188 cm³/mol. The Morgan fingerprint density at radius 1 is 0.765 bits per heavy atom. The first-order chi connectivity index (χ1) is 24.5. The number of fused-ring (bicyclic) bond motifs is 5. The van der Waals surface area contributed by atoms with Gasteiger partial charge in [0, 0.05) is 39.1 Å². The molecule has 263 valence electrons. The van der Waals surface area contributed by atoms with Crippen LogP contribution in [0.2, 0.25) is 0 Å². The van der Waals surface area contributed by atoms with Gasteiger partial charge in [-0.15, -0.1) is 34.5 Å². The maximum Gasteiger partial charge on any atom is 0.200 e. The van der Waals surface area contributed by atoms with E-state index in [1.807, 2.05) is 75.4 Å².